The summed E-state index contributed by atoms with van der Waals surface area (Å²) in [5.74, 6) is -0.409. The molecule has 2 heterocycles. The SMILES string of the molecule is COCCn1cc(C#N)c2cc(-c3cc(C(=O)OC)ccn3)ccc21. The van der Waals surface area contributed by atoms with E-state index in [4.69, 9.17) is 9.47 Å². The van der Waals surface area contributed by atoms with Crippen LogP contribution in [0.15, 0.2) is 42.7 Å². The van der Waals surface area contributed by atoms with E-state index in [0.29, 0.717) is 30.0 Å². The number of benzene rings is 1. The van der Waals surface area contributed by atoms with E-state index in [-0.39, 0.29) is 0 Å². The first kappa shape index (κ1) is 16.7. The number of pyridine rings is 1. The van der Waals surface area contributed by atoms with Crippen LogP contribution in [0.4, 0.5) is 0 Å². The van der Waals surface area contributed by atoms with Crippen LogP contribution in [0.5, 0.6) is 0 Å². The Morgan fingerprint density at radius 3 is 2.84 bits per heavy atom. The molecule has 6 nitrogen and oxygen atoms in total. The molecule has 0 amide bonds. The number of rotatable bonds is 5. The van der Waals surface area contributed by atoms with Gasteiger partial charge in [0.15, 0.2) is 0 Å². The van der Waals surface area contributed by atoms with Crippen LogP contribution in [0.25, 0.3) is 22.2 Å². The number of fused-ring (bicyclic) bond motifs is 1. The Kier molecular flexibility index (Phi) is 4.78. The van der Waals surface area contributed by atoms with E-state index >= 15 is 0 Å². The van der Waals surface area contributed by atoms with Crippen LogP contribution < -0.4 is 0 Å². The van der Waals surface area contributed by atoms with Gasteiger partial charge in [-0.2, -0.15) is 5.26 Å². The van der Waals surface area contributed by atoms with Crippen molar-refractivity contribution in [3.8, 4) is 17.3 Å². The predicted octanol–water partition coefficient (Wildman–Crippen LogP) is 3.01. The number of esters is 1. The Morgan fingerprint density at radius 1 is 1.28 bits per heavy atom. The van der Waals surface area contributed by atoms with Crippen molar-refractivity contribution >= 4 is 16.9 Å². The third kappa shape index (κ3) is 3.23. The number of ether oxygens (including phenoxy) is 2. The molecule has 0 unspecified atom stereocenters. The zero-order valence-corrected chi connectivity index (χ0v) is 14.0. The molecular weight excluding hydrogens is 318 g/mol. The number of nitriles is 1. The summed E-state index contributed by atoms with van der Waals surface area (Å²) < 4.78 is 11.9. The maximum atomic E-state index is 11.7. The average molecular weight is 335 g/mol. The van der Waals surface area contributed by atoms with Crippen LogP contribution in [0.2, 0.25) is 0 Å². The molecule has 0 aliphatic rings. The number of hydrogen-bond donors (Lipinski definition) is 0. The van der Waals surface area contributed by atoms with E-state index in [9.17, 15) is 10.1 Å². The van der Waals surface area contributed by atoms with Crippen molar-refractivity contribution in [1.29, 1.82) is 5.26 Å². The highest BCUT2D eigenvalue weighted by Gasteiger charge is 2.12. The summed E-state index contributed by atoms with van der Waals surface area (Å²) in [5, 5.41) is 10.3. The molecule has 0 atom stereocenters. The average Bonchev–Trinajstić information content (AvgIpc) is 3.02. The lowest BCUT2D eigenvalue weighted by atomic mass is 10.1. The second-order valence-corrected chi connectivity index (χ2v) is 5.49. The molecule has 0 bridgehead atoms. The summed E-state index contributed by atoms with van der Waals surface area (Å²) in [7, 11) is 2.99. The smallest absolute Gasteiger partial charge is 0.337 e. The lowest BCUT2D eigenvalue weighted by molar-refractivity contribution is 0.0600. The van der Waals surface area contributed by atoms with Gasteiger partial charge in [-0.1, -0.05) is 6.07 Å². The van der Waals surface area contributed by atoms with Crippen LogP contribution in [-0.4, -0.2) is 36.3 Å². The Morgan fingerprint density at radius 2 is 2.12 bits per heavy atom. The quantitative estimate of drug-likeness (QED) is 0.670. The molecule has 0 N–H and O–H groups in total. The van der Waals surface area contributed by atoms with Gasteiger partial charge >= 0.3 is 5.97 Å². The second-order valence-electron chi connectivity index (χ2n) is 5.49. The fourth-order valence-corrected chi connectivity index (χ4v) is 2.75. The Labute approximate surface area is 145 Å². The molecule has 0 aliphatic heterocycles. The van der Waals surface area contributed by atoms with Crippen molar-refractivity contribution in [2.75, 3.05) is 20.8 Å². The topological polar surface area (TPSA) is 77.1 Å². The van der Waals surface area contributed by atoms with Gasteiger partial charge in [-0.3, -0.25) is 4.98 Å². The van der Waals surface area contributed by atoms with Crippen LogP contribution in [0, 0.1) is 11.3 Å². The third-order valence-electron chi connectivity index (χ3n) is 4.01. The fourth-order valence-electron chi connectivity index (χ4n) is 2.75. The lowest BCUT2D eigenvalue weighted by Gasteiger charge is -2.06. The zero-order chi connectivity index (χ0) is 17.8. The van der Waals surface area contributed by atoms with Gasteiger partial charge in [-0.05, 0) is 24.3 Å². The van der Waals surface area contributed by atoms with Crippen molar-refractivity contribution in [2.45, 2.75) is 6.54 Å². The van der Waals surface area contributed by atoms with Crippen molar-refractivity contribution in [3.63, 3.8) is 0 Å². The molecule has 0 aliphatic carbocycles. The van der Waals surface area contributed by atoms with Crippen molar-refractivity contribution in [3.05, 3.63) is 53.9 Å². The first-order valence-corrected chi connectivity index (χ1v) is 7.74. The zero-order valence-electron chi connectivity index (χ0n) is 14.0. The lowest BCUT2D eigenvalue weighted by Crippen LogP contribution is -2.02. The molecule has 3 aromatic rings. The molecule has 0 radical (unpaired) electrons. The van der Waals surface area contributed by atoms with E-state index in [1.807, 2.05) is 29.0 Å². The van der Waals surface area contributed by atoms with Gasteiger partial charge in [0.1, 0.15) is 6.07 Å². The minimum atomic E-state index is -0.409. The first-order chi connectivity index (χ1) is 12.2. The predicted molar refractivity (Wildman–Crippen MR) is 93.1 cm³/mol. The first-order valence-electron chi connectivity index (χ1n) is 7.74. The summed E-state index contributed by atoms with van der Waals surface area (Å²) in [4.78, 5) is 16.0. The van der Waals surface area contributed by atoms with Gasteiger partial charge < -0.3 is 14.0 Å². The number of carbonyl (C=O) groups is 1. The minimum Gasteiger partial charge on any atom is -0.465 e. The molecule has 0 spiro atoms. The number of nitrogens with zero attached hydrogens (tertiary/aromatic N) is 3. The van der Waals surface area contributed by atoms with Crippen molar-refractivity contribution in [2.24, 2.45) is 0 Å². The third-order valence-corrected chi connectivity index (χ3v) is 4.01. The molecule has 3 rings (SSSR count). The number of carbonyl (C=O) groups excluding carboxylic acids is 1. The molecular formula is C19H17N3O3. The fraction of sp³-hybridized carbons (Fsp3) is 0.211. The molecule has 6 heteroatoms. The summed E-state index contributed by atoms with van der Waals surface area (Å²) in [6, 6.07) is 11.3. The standard InChI is InChI=1S/C19H17N3O3/c1-24-8-7-22-12-15(11-20)16-9-13(3-4-18(16)22)17-10-14(5-6-21-17)19(23)25-2/h3-6,9-10,12H,7-8H2,1-2H3. The van der Waals surface area contributed by atoms with E-state index in [0.717, 1.165) is 16.5 Å². The minimum absolute atomic E-state index is 0.409. The van der Waals surface area contributed by atoms with Gasteiger partial charge in [0.25, 0.3) is 0 Å². The molecule has 25 heavy (non-hydrogen) atoms. The molecule has 2 aromatic heterocycles. The van der Waals surface area contributed by atoms with E-state index < -0.39 is 5.97 Å². The van der Waals surface area contributed by atoms with Gasteiger partial charge in [0, 0.05) is 42.5 Å². The molecule has 1 aromatic carbocycles. The summed E-state index contributed by atoms with van der Waals surface area (Å²) in [6.45, 7) is 1.24. The summed E-state index contributed by atoms with van der Waals surface area (Å²) in [6.07, 6.45) is 3.40. The number of methoxy groups -OCH3 is 2. The maximum Gasteiger partial charge on any atom is 0.337 e. The van der Waals surface area contributed by atoms with Gasteiger partial charge in [0.2, 0.25) is 0 Å². The molecule has 0 saturated carbocycles. The van der Waals surface area contributed by atoms with Crippen LogP contribution >= 0.6 is 0 Å². The Bertz CT molecular complexity index is 970. The van der Waals surface area contributed by atoms with Gasteiger partial charge in [-0.25, -0.2) is 4.79 Å². The van der Waals surface area contributed by atoms with Crippen LogP contribution in [0.3, 0.4) is 0 Å². The Hall–Kier alpha value is -3.17. The van der Waals surface area contributed by atoms with Crippen molar-refractivity contribution < 1.29 is 14.3 Å². The van der Waals surface area contributed by atoms with Crippen molar-refractivity contribution in [1.82, 2.24) is 9.55 Å². The van der Waals surface area contributed by atoms with Crippen LogP contribution in [-0.2, 0) is 16.0 Å². The second kappa shape index (κ2) is 7.16. The Balaban J connectivity index is 2.07. The molecule has 126 valence electrons. The van der Waals surface area contributed by atoms with E-state index in [1.165, 1.54) is 7.11 Å². The molecule has 0 saturated heterocycles. The summed E-state index contributed by atoms with van der Waals surface area (Å²) >= 11 is 0. The van der Waals surface area contributed by atoms with E-state index in [1.54, 1.807) is 25.4 Å². The van der Waals surface area contributed by atoms with Crippen LogP contribution in [0.1, 0.15) is 15.9 Å². The van der Waals surface area contributed by atoms with Gasteiger partial charge in [-0.15, -0.1) is 0 Å². The largest absolute Gasteiger partial charge is 0.465 e. The monoisotopic (exact) mass is 335 g/mol. The van der Waals surface area contributed by atoms with Gasteiger partial charge in [0.05, 0.1) is 30.5 Å². The number of aromatic nitrogens is 2. The normalized spacial score (nSPS) is 10.6. The maximum absolute atomic E-state index is 11.7. The highest BCUT2D eigenvalue weighted by Crippen LogP contribution is 2.27. The van der Waals surface area contributed by atoms with E-state index in [2.05, 4.69) is 11.1 Å². The highest BCUT2D eigenvalue weighted by molar-refractivity contribution is 5.92. The number of hydrogen-bond acceptors (Lipinski definition) is 5. The summed E-state index contributed by atoms with van der Waals surface area (Å²) in [5.41, 5.74) is 3.47. The highest BCUT2D eigenvalue weighted by atomic mass is 16.5. The molecule has 0 fully saturated rings.